The highest BCUT2D eigenvalue weighted by Crippen LogP contribution is 2.43. The molecule has 25 heteroatoms. The second-order valence-electron chi connectivity index (χ2n) is 22.1. The van der Waals surface area contributed by atoms with Crippen molar-refractivity contribution in [1.82, 2.24) is 15.5 Å². The zero-order valence-electron chi connectivity index (χ0n) is 50.6. The van der Waals surface area contributed by atoms with Crippen LogP contribution in [0.5, 0.6) is 0 Å². The third-order valence-electron chi connectivity index (χ3n) is 14.5. The molecule has 484 valence electrons. The van der Waals surface area contributed by atoms with Gasteiger partial charge in [-0.15, -0.1) is 0 Å². The number of carbonyl (C=O) groups is 7. The van der Waals surface area contributed by atoms with Gasteiger partial charge in [0.1, 0.15) is 37.0 Å². The molecule has 1 saturated heterocycles. The largest absolute Gasteiger partial charge is 0.481 e. The van der Waals surface area contributed by atoms with Crippen molar-refractivity contribution in [2.45, 2.75) is 288 Å². The molecular weight excluding hydrogens is 1100 g/mol. The first-order chi connectivity index (χ1) is 39.7. The molecule has 0 radical (unpaired) electrons. The number of carboxylic acids is 1. The van der Waals surface area contributed by atoms with E-state index in [0.717, 1.165) is 49.8 Å². The van der Waals surface area contributed by atoms with Crippen LogP contribution in [0.4, 0.5) is 0 Å². The van der Waals surface area contributed by atoms with Gasteiger partial charge in [0.05, 0.1) is 32.0 Å². The number of amides is 4. The molecule has 24 nitrogen and oxygen atoms in total. The lowest BCUT2D eigenvalue weighted by molar-refractivity contribution is -0.263. The summed E-state index contributed by atoms with van der Waals surface area (Å²) >= 11 is 0. The number of aliphatic hydroxyl groups excluding tert-OH is 3. The summed E-state index contributed by atoms with van der Waals surface area (Å²) in [5, 5.41) is 44.6. The Morgan fingerprint density at radius 1 is 0.663 bits per heavy atom. The molecule has 0 saturated carbocycles. The molecule has 10 atom stereocenters. The number of phosphoric acid groups is 1. The molecule has 4 amide bonds. The number of nitrogens with one attached hydrogen (secondary N) is 2. The fourth-order valence-electron chi connectivity index (χ4n) is 9.64. The summed E-state index contributed by atoms with van der Waals surface area (Å²) in [4.78, 5) is 101. The van der Waals surface area contributed by atoms with Gasteiger partial charge in [-0.1, -0.05) is 168 Å². The first-order valence-electron chi connectivity index (χ1n) is 31.0. The van der Waals surface area contributed by atoms with E-state index in [4.69, 9.17) is 39.5 Å². The first kappa shape index (κ1) is 77.2. The minimum absolute atomic E-state index is 0.108. The van der Waals surface area contributed by atoms with Crippen molar-refractivity contribution in [3.8, 4) is 0 Å². The van der Waals surface area contributed by atoms with E-state index in [-0.39, 0.29) is 19.4 Å². The van der Waals surface area contributed by atoms with Gasteiger partial charge in [0.2, 0.25) is 23.6 Å². The molecule has 11 N–H and O–H groups in total. The average Bonchev–Trinajstić information content (AvgIpc) is 3.60. The van der Waals surface area contributed by atoms with Gasteiger partial charge in [-0.05, 0) is 33.1 Å². The summed E-state index contributed by atoms with van der Waals surface area (Å²) in [7, 11) is -4.80. The molecule has 0 aromatic rings. The van der Waals surface area contributed by atoms with Crippen molar-refractivity contribution < 1.29 is 91.4 Å². The summed E-state index contributed by atoms with van der Waals surface area (Å²) in [5.74, 6) is -5.76. The summed E-state index contributed by atoms with van der Waals surface area (Å²) in [6.45, 7) is 4.17. The van der Waals surface area contributed by atoms with Gasteiger partial charge in [-0.3, -0.25) is 42.6 Å². The highest BCUT2D eigenvalue weighted by molar-refractivity contribution is 7.47. The predicted molar refractivity (Wildman–Crippen MR) is 311 cm³/mol. The molecule has 0 aliphatic carbocycles. The molecule has 1 rings (SSSR count). The van der Waals surface area contributed by atoms with Crippen molar-refractivity contribution in [1.29, 1.82) is 0 Å². The summed E-state index contributed by atoms with van der Waals surface area (Å²) in [6, 6.07) is -4.16. The van der Waals surface area contributed by atoms with E-state index < -0.39 is 163 Å². The Morgan fingerprint density at radius 3 is 1.63 bits per heavy atom. The fourth-order valence-corrected chi connectivity index (χ4v) is 10.4. The Bertz CT molecular complexity index is 1860. The number of esters is 2. The molecule has 0 aromatic carbocycles. The monoisotopic (exact) mass is 1210 g/mol. The zero-order valence-corrected chi connectivity index (χ0v) is 51.5. The maximum Gasteiger partial charge on any atom is 0.472 e. The number of rotatable bonds is 53. The molecular formula is C58H108N5O19P. The molecule has 0 aromatic heterocycles. The summed E-state index contributed by atoms with van der Waals surface area (Å²) in [5.41, 5.74) is 11.6. The number of carbonyl (C=O) groups excluding carboxylic acids is 6. The van der Waals surface area contributed by atoms with Crippen molar-refractivity contribution in [2.24, 2.45) is 11.5 Å². The van der Waals surface area contributed by atoms with Crippen molar-refractivity contribution in [3.05, 3.63) is 0 Å². The van der Waals surface area contributed by atoms with Crippen LogP contribution in [0.15, 0.2) is 0 Å². The van der Waals surface area contributed by atoms with Crippen molar-refractivity contribution >= 4 is 49.4 Å². The number of hydrogen-bond acceptors (Lipinski definition) is 18. The number of unbranched alkanes of at least 4 members (excludes halogenated alkanes) is 24. The van der Waals surface area contributed by atoms with Crippen LogP contribution in [0.3, 0.4) is 0 Å². The van der Waals surface area contributed by atoms with Crippen LogP contribution in [0.2, 0.25) is 0 Å². The van der Waals surface area contributed by atoms with Gasteiger partial charge in [-0.25, -0.2) is 4.57 Å². The molecule has 2 unspecified atom stereocenters. The van der Waals surface area contributed by atoms with Crippen LogP contribution in [0.25, 0.3) is 0 Å². The normalized spacial score (nSPS) is 19.2. The van der Waals surface area contributed by atoms with E-state index in [0.29, 0.717) is 12.8 Å². The number of ether oxygens (including phenoxy) is 4. The maximum atomic E-state index is 13.8. The van der Waals surface area contributed by atoms with Gasteiger partial charge < -0.3 is 71.3 Å². The SMILES string of the molecule is CCCCCCCCCCCCCCCC(=O)OC[C@H](COP(=O)(O)OCCNC(=O)CCC(=O)N[C@@H](C)C(=O)N(CC(C)O[C@@H]1[C@@H](N)[C@@H](O)O[C@H](CO)[C@H]1O)[C@H](CCC(=O)O)C(N)=O)OC(=O)CCCCCCCCCCCCCCC. The second kappa shape index (κ2) is 47.3. The van der Waals surface area contributed by atoms with Gasteiger partial charge in [0, 0.05) is 45.2 Å². The topological polar surface area (TPSA) is 372 Å². The molecule has 0 bridgehead atoms. The molecule has 83 heavy (non-hydrogen) atoms. The third kappa shape index (κ3) is 38.0. The molecule has 1 aliphatic rings. The lowest BCUT2D eigenvalue weighted by Gasteiger charge is -2.42. The number of nitrogens with zero attached hydrogens (tertiary/aromatic N) is 1. The van der Waals surface area contributed by atoms with Crippen LogP contribution in [0.1, 0.15) is 233 Å². The average molecular weight is 1210 g/mol. The summed E-state index contributed by atoms with van der Waals surface area (Å²) < 4.78 is 45.0. The molecule has 1 fully saturated rings. The van der Waals surface area contributed by atoms with Crippen molar-refractivity contribution in [2.75, 3.05) is 39.5 Å². The Balaban J connectivity index is 2.71. The van der Waals surface area contributed by atoms with E-state index >= 15 is 0 Å². The minimum atomic E-state index is -4.80. The molecule has 1 heterocycles. The number of aliphatic hydroxyl groups is 3. The van der Waals surface area contributed by atoms with Crippen LogP contribution >= 0.6 is 7.82 Å². The summed E-state index contributed by atoms with van der Waals surface area (Å²) in [6.07, 6.45) is 20.3. The highest BCUT2D eigenvalue weighted by atomic mass is 31.2. The van der Waals surface area contributed by atoms with Gasteiger partial charge >= 0.3 is 25.7 Å². The van der Waals surface area contributed by atoms with Crippen LogP contribution in [-0.2, 0) is 66.1 Å². The van der Waals surface area contributed by atoms with Crippen LogP contribution in [0, 0.1) is 0 Å². The number of nitrogens with two attached hydrogens (primary N) is 2. The maximum absolute atomic E-state index is 13.8. The van der Waals surface area contributed by atoms with Crippen LogP contribution in [-0.4, -0.2) is 166 Å². The standard InChI is InChI=1S/C58H108N5O19P/c1-5-7-9-11-13-15-17-19-21-23-25-27-29-31-51(69)77-41-45(81-52(70)32-30-28-26-24-22-20-18-16-14-12-10-8-6-2)42-79-83(75,76)78-38-37-61-48(65)34-35-49(66)62-44(4)57(73)63(46(56(60)72)33-36-50(67)68)39-43(3)80-55-53(59)58(74)82-47(40-64)54(55)71/h43-47,53-55,58,64,71,74H,5-42,59H2,1-4H3,(H2,60,72)(H,61,65)(H,62,66)(H,67,68)(H,75,76)/t43?,44-,45+,46+,47+,53+,54+,55+,58-/m0/s1. The molecule has 1 aliphatic heterocycles. The lowest BCUT2D eigenvalue weighted by Crippen LogP contribution is -2.64. The number of hydrogen-bond donors (Lipinski definition) is 9. The minimum Gasteiger partial charge on any atom is -0.481 e. The van der Waals surface area contributed by atoms with E-state index in [1.54, 1.807) is 0 Å². The molecule has 0 spiro atoms. The van der Waals surface area contributed by atoms with Gasteiger partial charge in [-0.2, -0.15) is 0 Å². The third-order valence-corrected chi connectivity index (χ3v) is 15.5. The van der Waals surface area contributed by atoms with E-state index in [1.807, 2.05) is 0 Å². The Kier molecular flexibility index (Phi) is 44.0. The van der Waals surface area contributed by atoms with Gasteiger partial charge in [0.15, 0.2) is 12.4 Å². The number of carboxylic acid groups (broad SMARTS) is 1. The first-order valence-corrected chi connectivity index (χ1v) is 32.5. The Hall–Kier alpha value is -3.84. The second-order valence-corrected chi connectivity index (χ2v) is 23.5. The highest BCUT2D eigenvalue weighted by Gasteiger charge is 2.45. The lowest BCUT2D eigenvalue weighted by atomic mass is 9.97. The Morgan fingerprint density at radius 2 is 1.14 bits per heavy atom. The van der Waals surface area contributed by atoms with Gasteiger partial charge in [0.25, 0.3) is 0 Å². The van der Waals surface area contributed by atoms with E-state index in [2.05, 4.69) is 24.5 Å². The van der Waals surface area contributed by atoms with E-state index in [1.165, 1.54) is 123 Å². The van der Waals surface area contributed by atoms with Crippen molar-refractivity contribution in [3.63, 3.8) is 0 Å². The zero-order chi connectivity index (χ0) is 61.8. The predicted octanol–water partition coefficient (Wildman–Crippen LogP) is 6.66. The fraction of sp³-hybridized carbons (Fsp3) is 0.879. The smallest absolute Gasteiger partial charge is 0.472 e. The van der Waals surface area contributed by atoms with Crippen LogP contribution < -0.4 is 22.1 Å². The van der Waals surface area contributed by atoms with E-state index in [9.17, 15) is 63.4 Å². The number of primary amides is 1. The quantitative estimate of drug-likeness (QED) is 0.0175. The number of aliphatic carboxylic acids is 1. The number of phosphoric ester groups is 1. The Labute approximate surface area is 493 Å².